The maximum atomic E-state index is 12.5. The van der Waals surface area contributed by atoms with Crippen LogP contribution in [0.25, 0.3) is 10.9 Å². The molecule has 1 aromatic heterocycles. The Labute approximate surface area is 121 Å². The fourth-order valence-electron chi connectivity index (χ4n) is 2.24. The van der Waals surface area contributed by atoms with Crippen LogP contribution >= 0.6 is 0 Å². The van der Waals surface area contributed by atoms with Crippen molar-refractivity contribution in [2.24, 2.45) is 0 Å². The topological polar surface area (TPSA) is 82.3 Å². The highest BCUT2D eigenvalue weighted by Crippen LogP contribution is 2.22. The molecule has 1 amide bonds. The van der Waals surface area contributed by atoms with E-state index in [4.69, 9.17) is 5.73 Å². The molecule has 0 aliphatic carbocycles. The van der Waals surface area contributed by atoms with Gasteiger partial charge in [0.25, 0.3) is 5.91 Å². The predicted octanol–water partition coefficient (Wildman–Crippen LogP) is 2.73. The molecule has 2 aromatic carbocycles. The van der Waals surface area contributed by atoms with Crippen LogP contribution in [0.15, 0.2) is 48.5 Å². The van der Waals surface area contributed by atoms with Gasteiger partial charge in [0, 0.05) is 29.3 Å². The number of nitrogens with one attached hydrogen (secondary N) is 1. The predicted molar refractivity (Wildman–Crippen MR) is 83.6 cm³/mol. The highest BCUT2D eigenvalue weighted by atomic mass is 16.3. The van der Waals surface area contributed by atoms with Crippen molar-refractivity contribution in [2.75, 3.05) is 17.7 Å². The van der Waals surface area contributed by atoms with Crippen molar-refractivity contribution in [2.45, 2.75) is 0 Å². The number of nitrogen functional groups attached to an aromatic ring is 1. The van der Waals surface area contributed by atoms with E-state index in [1.807, 2.05) is 12.1 Å². The fraction of sp³-hybridized carbons (Fsp3) is 0.0625. The van der Waals surface area contributed by atoms with E-state index >= 15 is 0 Å². The lowest BCUT2D eigenvalue weighted by Gasteiger charge is -2.16. The first kappa shape index (κ1) is 13.1. The van der Waals surface area contributed by atoms with Gasteiger partial charge < -0.3 is 20.7 Å². The second kappa shape index (κ2) is 4.86. The number of benzene rings is 2. The summed E-state index contributed by atoms with van der Waals surface area (Å²) in [5.41, 5.74) is 8.46. The minimum absolute atomic E-state index is 0.157. The van der Waals surface area contributed by atoms with Crippen molar-refractivity contribution in [3.8, 4) is 5.75 Å². The van der Waals surface area contributed by atoms with Crippen molar-refractivity contribution < 1.29 is 9.90 Å². The number of phenolic OH excluding ortho intramolecular Hbond substituents is 1. The standard InChI is InChI=1S/C16H15N3O2/c1-19(12-3-5-13(20)6-4-12)16(21)15-9-10-8-11(17)2-7-14(10)18-15/h2-9,18,20H,17H2,1H3. The Hall–Kier alpha value is -2.95. The smallest absolute Gasteiger partial charge is 0.274 e. The van der Waals surface area contributed by atoms with Gasteiger partial charge in [-0.2, -0.15) is 0 Å². The van der Waals surface area contributed by atoms with Gasteiger partial charge in [-0.15, -0.1) is 0 Å². The number of phenols is 1. The summed E-state index contributed by atoms with van der Waals surface area (Å²) >= 11 is 0. The number of anilines is 2. The molecule has 0 spiro atoms. The number of aromatic nitrogens is 1. The van der Waals surface area contributed by atoms with Gasteiger partial charge in [-0.25, -0.2) is 0 Å². The molecule has 3 rings (SSSR count). The van der Waals surface area contributed by atoms with E-state index in [0.29, 0.717) is 17.1 Å². The zero-order valence-corrected chi connectivity index (χ0v) is 11.5. The first-order valence-electron chi connectivity index (χ1n) is 6.50. The Morgan fingerprint density at radius 3 is 2.57 bits per heavy atom. The van der Waals surface area contributed by atoms with Crippen LogP contribution in [0.2, 0.25) is 0 Å². The molecule has 0 atom stereocenters. The van der Waals surface area contributed by atoms with Crippen LogP contribution in [0.1, 0.15) is 10.5 Å². The molecule has 0 saturated heterocycles. The Kier molecular flexibility index (Phi) is 3.02. The molecule has 0 unspecified atom stereocenters. The summed E-state index contributed by atoms with van der Waals surface area (Å²) in [6.07, 6.45) is 0. The Balaban J connectivity index is 1.94. The molecular weight excluding hydrogens is 266 g/mol. The number of carbonyl (C=O) groups excluding carboxylic acids is 1. The van der Waals surface area contributed by atoms with Gasteiger partial charge in [0.05, 0.1) is 0 Å². The Morgan fingerprint density at radius 1 is 1.14 bits per heavy atom. The van der Waals surface area contributed by atoms with E-state index in [0.717, 1.165) is 10.9 Å². The molecule has 3 aromatic rings. The monoisotopic (exact) mass is 281 g/mol. The molecule has 21 heavy (non-hydrogen) atoms. The second-order valence-corrected chi connectivity index (χ2v) is 4.91. The summed E-state index contributed by atoms with van der Waals surface area (Å²) in [6.45, 7) is 0. The number of fused-ring (bicyclic) bond motifs is 1. The lowest BCUT2D eigenvalue weighted by Crippen LogP contribution is -2.26. The van der Waals surface area contributed by atoms with Crippen LogP contribution in [-0.2, 0) is 0 Å². The molecule has 0 bridgehead atoms. The van der Waals surface area contributed by atoms with E-state index in [-0.39, 0.29) is 11.7 Å². The molecule has 5 heteroatoms. The zero-order chi connectivity index (χ0) is 15.0. The van der Waals surface area contributed by atoms with Crippen LogP contribution in [0.4, 0.5) is 11.4 Å². The van der Waals surface area contributed by atoms with E-state index in [2.05, 4.69) is 4.98 Å². The summed E-state index contributed by atoms with van der Waals surface area (Å²) in [7, 11) is 1.69. The summed E-state index contributed by atoms with van der Waals surface area (Å²) in [6, 6.07) is 13.7. The molecular formula is C16H15N3O2. The maximum absolute atomic E-state index is 12.5. The SMILES string of the molecule is CN(C(=O)c1cc2cc(N)ccc2[nH]1)c1ccc(O)cc1. The number of aromatic amines is 1. The van der Waals surface area contributed by atoms with Crippen molar-refractivity contribution in [3.63, 3.8) is 0 Å². The van der Waals surface area contributed by atoms with Crippen LogP contribution < -0.4 is 10.6 Å². The fourth-order valence-corrected chi connectivity index (χ4v) is 2.24. The van der Waals surface area contributed by atoms with Crippen LogP contribution in [0, 0.1) is 0 Å². The summed E-state index contributed by atoms with van der Waals surface area (Å²) in [5, 5.41) is 10.2. The molecule has 5 nitrogen and oxygen atoms in total. The Bertz CT molecular complexity index is 806. The van der Waals surface area contributed by atoms with Crippen LogP contribution in [0.5, 0.6) is 5.75 Å². The van der Waals surface area contributed by atoms with Gasteiger partial charge in [-0.1, -0.05) is 0 Å². The highest BCUT2D eigenvalue weighted by Gasteiger charge is 2.16. The molecule has 0 fully saturated rings. The summed E-state index contributed by atoms with van der Waals surface area (Å²) in [5.74, 6) is 0.0103. The summed E-state index contributed by atoms with van der Waals surface area (Å²) in [4.78, 5) is 17.1. The van der Waals surface area contributed by atoms with Crippen molar-refractivity contribution in [1.29, 1.82) is 0 Å². The highest BCUT2D eigenvalue weighted by molar-refractivity contribution is 6.07. The molecule has 106 valence electrons. The van der Waals surface area contributed by atoms with Gasteiger partial charge in [-0.05, 0) is 48.5 Å². The maximum Gasteiger partial charge on any atom is 0.274 e. The lowest BCUT2D eigenvalue weighted by molar-refractivity contribution is 0.0989. The van der Waals surface area contributed by atoms with Crippen molar-refractivity contribution >= 4 is 28.2 Å². The normalized spacial score (nSPS) is 10.7. The number of amides is 1. The van der Waals surface area contributed by atoms with Gasteiger partial charge in [-0.3, -0.25) is 4.79 Å². The van der Waals surface area contributed by atoms with E-state index in [9.17, 15) is 9.90 Å². The molecule has 0 aliphatic rings. The molecule has 0 saturated carbocycles. The van der Waals surface area contributed by atoms with Crippen molar-refractivity contribution in [1.82, 2.24) is 4.98 Å². The zero-order valence-electron chi connectivity index (χ0n) is 11.5. The minimum Gasteiger partial charge on any atom is -0.508 e. The number of nitrogens with zero attached hydrogens (tertiary/aromatic N) is 1. The number of rotatable bonds is 2. The van der Waals surface area contributed by atoms with Crippen LogP contribution in [0.3, 0.4) is 0 Å². The molecule has 0 aliphatic heterocycles. The third kappa shape index (κ3) is 2.41. The van der Waals surface area contributed by atoms with E-state index in [1.54, 1.807) is 43.4 Å². The molecule has 1 heterocycles. The van der Waals surface area contributed by atoms with Gasteiger partial charge >= 0.3 is 0 Å². The van der Waals surface area contributed by atoms with Crippen LogP contribution in [-0.4, -0.2) is 23.0 Å². The van der Waals surface area contributed by atoms with Gasteiger partial charge in [0.2, 0.25) is 0 Å². The summed E-state index contributed by atoms with van der Waals surface area (Å²) < 4.78 is 0. The largest absolute Gasteiger partial charge is 0.508 e. The number of nitrogens with two attached hydrogens (primary N) is 1. The number of carbonyl (C=O) groups is 1. The minimum atomic E-state index is -0.157. The lowest BCUT2D eigenvalue weighted by atomic mass is 10.2. The second-order valence-electron chi connectivity index (χ2n) is 4.91. The van der Waals surface area contributed by atoms with Gasteiger partial charge in [0.15, 0.2) is 0 Å². The molecule has 4 N–H and O–H groups in total. The number of H-pyrrole nitrogens is 1. The average Bonchev–Trinajstić information content (AvgIpc) is 2.89. The number of aromatic hydroxyl groups is 1. The Morgan fingerprint density at radius 2 is 1.86 bits per heavy atom. The average molecular weight is 281 g/mol. The molecule has 0 radical (unpaired) electrons. The first-order chi connectivity index (χ1) is 10.0. The first-order valence-corrected chi connectivity index (χ1v) is 6.50. The van der Waals surface area contributed by atoms with Gasteiger partial charge in [0.1, 0.15) is 11.4 Å². The number of hydrogen-bond donors (Lipinski definition) is 3. The van der Waals surface area contributed by atoms with E-state index < -0.39 is 0 Å². The van der Waals surface area contributed by atoms with E-state index in [1.165, 1.54) is 4.90 Å². The number of hydrogen-bond acceptors (Lipinski definition) is 3. The van der Waals surface area contributed by atoms with Crippen molar-refractivity contribution in [3.05, 3.63) is 54.2 Å². The quantitative estimate of drug-likeness (QED) is 0.632. The third-order valence-corrected chi connectivity index (χ3v) is 3.42. The third-order valence-electron chi connectivity index (χ3n) is 3.42.